The molecule has 0 fully saturated rings. The average molecular weight is 1280 g/mol. The number of ether oxygens (including phenoxy) is 12. The van der Waals surface area contributed by atoms with Gasteiger partial charge >= 0.3 is 24.1 Å². The topological polar surface area (TPSA) is 203 Å². The van der Waals surface area contributed by atoms with Gasteiger partial charge in [0.2, 0.25) is 0 Å². The molecular formula is C73H114N2O16. The summed E-state index contributed by atoms with van der Waals surface area (Å²) in [6, 6.07) is 26.7. The molecule has 2 N–H and O–H groups in total. The van der Waals surface area contributed by atoms with Crippen molar-refractivity contribution in [2.24, 2.45) is 22.7 Å². The van der Waals surface area contributed by atoms with Crippen LogP contribution in [0.1, 0.15) is 170 Å². The van der Waals surface area contributed by atoms with Crippen LogP contribution in [0.5, 0.6) is 23.0 Å². The zero-order valence-corrected chi connectivity index (χ0v) is 58.6. The molecule has 0 bridgehead atoms. The van der Waals surface area contributed by atoms with Gasteiger partial charge in [0.25, 0.3) is 0 Å². The first kappa shape index (κ1) is 78.9. The van der Waals surface area contributed by atoms with E-state index in [0.717, 1.165) is 43.6 Å². The molecule has 2 unspecified atom stereocenters. The van der Waals surface area contributed by atoms with E-state index in [-0.39, 0.29) is 92.1 Å². The van der Waals surface area contributed by atoms with Crippen molar-refractivity contribution in [1.29, 1.82) is 0 Å². The minimum atomic E-state index is -0.990. The molecule has 91 heavy (non-hydrogen) atoms. The van der Waals surface area contributed by atoms with E-state index < -0.39 is 52.1 Å². The van der Waals surface area contributed by atoms with Crippen LogP contribution in [0.15, 0.2) is 109 Å². The van der Waals surface area contributed by atoms with E-state index in [9.17, 15) is 19.2 Å². The molecule has 2 atom stereocenters. The van der Waals surface area contributed by atoms with Crippen LogP contribution in [-0.4, -0.2) is 137 Å². The van der Waals surface area contributed by atoms with Gasteiger partial charge in [0, 0.05) is 37.2 Å². The fourth-order valence-corrected chi connectivity index (χ4v) is 8.98. The van der Waals surface area contributed by atoms with Crippen LogP contribution in [-0.2, 0) is 47.5 Å². The molecular weight excluding hydrogens is 1160 g/mol. The molecule has 3 aromatic carbocycles. The Hall–Kier alpha value is -6.34. The number of unbranched alkanes of at least 4 members (excludes halogenated alkanes) is 1. The lowest BCUT2D eigenvalue weighted by molar-refractivity contribution is -0.141. The molecule has 0 aromatic heterocycles. The van der Waals surface area contributed by atoms with Crippen molar-refractivity contribution in [2.75, 3.05) is 79.2 Å². The zero-order chi connectivity index (χ0) is 68.2. The third-order valence-electron chi connectivity index (χ3n) is 17.4. The van der Waals surface area contributed by atoms with Crippen molar-refractivity contribution in [3.8, 4) is 23.0 Å². The van der Waals surface area contributed by atoms with Crippen molar-refractivity contribution < 1.29 is 76.0 Å². The molecule has 0 saturated carbocycles. The summed E-state index contributed by atoms with van der Waals surface area (Å²) < 4.78 is 73.0. The Morgan fingerprint density at radius 1 is 0.396 bits per heavy atom. The van der Waals surface area contributed by atoms with Crippen molar-refractivity contribution in [2.45, 2.75) is 203 Å². The molecule has 2 amide bonds. The quantitative estimate of drug-likeness (QED) is 0.0234. The molecule has 0 saturated heterocycles. The Kier molecular flexibility index (Phi) is 31.9. The number of alkyl carbamates (subject to hydrolysis) is 2. The van der Waals surface area contributed by atoms with Crippen LogP contribution >= 0.6 is 0 Å². The van der Waals surface area contributed by atoms with Crippen molar-refractivity contribution in [3.63, 3.8) is 0 Å². The minimum Gasteiger partial charge on any atom is -0.493 e. The summed E-state index contributed by atoms with van der Waals surface area (Å²) in [4.78, 5) is 49.3. The summed E-state index contributed by atoms with van der Waals surface area (Å²) in [7, 11) is 0. The molecule has 3 aromatic rings. The van der Waals surface area contributed by atoms with Crippen LogP contribution in [0.4, 0.5) is 9.59 Å². The summed E-state index contributed by atoms with van der Waals surface area (Å²) in [6.45, 7) is 46.6. The van der Waals surface area contributed by atoms with Gasteiger partial charge in [-0.2, -0.15) is 0 Å². The van der Waals surface area contributed by atoms with E-state index in [0.29, 0.717) is 50.8 Å². The van der Waals surface area contributed by atoms with Crippen LogP contribution in [0.25, 0.3) is 0 Å². The van der Waals surface area contributed by atoms with Gasteiger partial charge in [-0.25, -0.2) is 19.2 Å². The third kappa shape index (κ3) is 29.9. The molecule has 0 spiro atoms. The first-order valence-corrected chi connectivity index (χ1v) is 32.2. The van der Waals surface area contributed by atoms with Crippen molar-refractivity contribution in [3.05, 3.63) is 109 Å². The lowest BCUT2D eigenvalue weighted by Gasteiger charge is -2.44. The summed E-state index contributed by atoms with van der Waals surface area (Å²) in [5, 5.41) is 5.33. The van der Waals surface area contributed by atoms with Gasteiger partial charge in [0.15, 0.2) is 0 Å². The molecule has 512 valence electrons. The van der Waals surface area contributed by atoms with E-state index >= 15 is 0 Å². The van der Waals surface area contributed by atoms with Crippen LogP contribution in [0, 0.1) is 22.7 Å². The Morgan fingerprint density at radius 3 is 1.10 bits per heavy atom. The number of para-hydroxylation sites is 2. The predicted molar refractivity (Wildman–Crippen MR) is 357 cm³/mol. The Bertz CT molecular complexity index is 2670. The van der Waals surface area contributed by atoms with Gasteiger partial charge < -0.3 is 67.5 Å². The summed E-state index contributed by atoms with van der Waals surface area (Å²) in [5.41, 5.74) is -3.78. The van der Waals surface area contributed by atoms with E-state index in [2.05, 4.69) is 107 Å². The summed E-state index contributed by atoms with van der Waals surface area (Å²) in [5.74, 6) is 1.20. The Morgan fingerprint density at radius 2 is 0.736 bits per heavy atom. The highest BCUT2D eigenvalue weighted by molar-refractivity contribution is 5.87. The highest BCUT2D eigenvalue weighted by Crippen LogP contribution is 2.41. The highest BCUT2D eigenvalue weighted by atomic mass is 16.6. The first-order valence-electron chi connectivity index (χ1n) is 32.2. The smallest absolute Gasteiger partial charge is 0.407 e. The number of hydrogen-bond acceptors (Lipinski definition) is 16. The molecule has 0 aliphatic heterocycles. The summed E-state index contributed by atoms with van der Waals surface area (Å²) >= 11 is 0. The van der Waals surface area contributed by atoms with Crippen molar-refractivity contribution in [1.82, 2.24) is 10.6 Å². The van der Waals surface area contributed by atoms with E-state index in [4.69, 9.17) is 56.8 Å². The molecule has 3 rings (SSSR count). The molecule has 0 aliphatic carbocycles. The number of carbonyl (C=O) groups is 4. The monoisotopic (exact) mass is 1270 g/mol. The molecule has 0 heterocycles. The highest BCUT2D eigenvalue weighted by Gasteiger charge is 2.43. The second-order valence-corrected chi connectivity index (χ2v) is 28.2. The maximum absolute atomic E-state index is 12.9. The van der Waals surface area contributed by atoms with E-state index in [1.54, 1.807) is 13.8 Å². The van der Waals surface area contributed by atoms with Crippen LogP contribution in [0.3, 0.4) is 0 Å². The molecule has 18 heteroatoms. The van der Waals surface area contributed by atoms with Crippen molar-refractivity contribution >= 4 is 24.1 Å². The Balaban J connectivity index is 1.39. The number of rotatable bonds is 45. The predicted octanol–water partition coefficient (Wildman–Crippen LogP) is 15.0. The fraction of sp³-hybridized carbons (Fsp3) is 0.644. The Labute approximate surface area is 545 Å². The standard InChI is InChI=1S/C73H114N2O16/c1-54(2)62(76)82-48-42-74-64(78)90-70(13,14)56(50-84-58-30-23-21-24-31-58)52-88-72(17,18)66(5,6)38-27-28-44-86-68(9,10)40-46-80-60-34-36-61(37-35-60)81-47-41-69(11,12)87-45-29-39-67(7,8)73(19,20)89-53-57(51-85-59-32-25-22-26-33-59)71(15,16)91-65(79)75-43-49-83-63(77)55(3)4/h21-26,30-37,56-57H,1,3,27-29,38-53H2,2,4-20H3,(H,74,78)(H,75,79). The van der Waals surface area contributed by atoms with E-state index in [1.807, 2.05) is 113 Å². The SMILES string of the molecule is C=C(C)C(=O)OCCNC(=O)OC(C)(C)C(COc1ccccc1)COC(C)(C)C(C)(C)CCCCOC(C)(C)CCOc1ccc(OCCC(C)(C)OCCCC(C)(C)C(C)(C)OCC(COc2ccccc2)C(C)(C)OC(=O)NCCOC(=O)C(=C)C)cc1. The summed E-state index contributed by atoms with van der Waals surface area (Å²) in [6.07, 6.45) is 4.52. The van der Waals surface area contributed by atoms with Crippen LogP contribution in [0.2, 0.25) is 0 Å². The maximum atomic E-state index is 12.9. The number of benzene rings is 3. The van der Waals surface area contributed by atoms with Crippen LogP contribution < -0.4 is 29.6 Å². The third-order valence-corrected chi connectivity index (χ3v) is 17.4. The molecule has 0 aliphatic rings. The van der Waals surface area contributed by atoms with Gasteiger partial charge in [-0.3, -0.25) is 0 Å². The van der Waals surface area contributed by atoms with Gasteiger partial charge in [-0.15, -0.1) is 0 Å². The average Bonchev–Trinajstić information content (AvgIpc) is 3.59. The lowest BCUT2D eigenvalue weighted by Crippen LogP contribution is -2.48. The normalized spacial score (nSPS) is 13.3. The van der Waals surface area contributed by atoms with Gasteiger partial charge in [-0.05, 0) is 182 Å². The maximum Gasteiger partial charge on any atom is 0.407 e. The fourth-order valence-electron chi connectivity index (χ4n) is 8.98. The number of carbonyl (C=O) groups excluding carboxylic acids is 4. The largest absolute Gasteiger partial charge is 0.493 e. The number of esters is 2. The lowest BCUT2D eigenvalue weighted by atomic mass is 9.73. The number of amides is 2. The second kappa shape index (κ2) is 36.8. The van der Waals surface area contributed by atoms with Gasteiger partial charge in [0.1, 0.15) is 47.4 Å². The first-order chi connectivity index (χ1) is 42.4. The molecule has 18 nitrogen and oxygen atoms in total. The minimum absolute atomic E-state index is 0.00631. The molecule has 0 radical (unpaired) electrons. The van der Waals surface area contributed by atoms with Gasteiger partial charge in [-0.1, -0.05) is 83.7 Å². The van der Waals surface area contributed by atoms with E-state index in [1.165, 1.54) is 0 Å². The van der Waals surface area contributed by atoms with Gasteiger partial charge in [0.05, 0.1) is 87.0 Å². The number of nitrogens with one attached hydrogen (secondary N) is 2. The second-order valence-electron chi connectivity index (χ2n) is 28.2. The zero-order valence-electron chi connectivity index (χ0n) is 58.6. The number of hydrogen-bond donors (Lipinski definition) is 2.